The average molecular weight is 279 g/mol. The number of piperidine rings is 1. The number of likely N-dealkylation sites (tertiary alicyclic amines) is 1. The Labute approximate surface area is 119 Å². The van der Waals surface area contributed by atoms with Crippen LogP contribution in [0.3, 0.4) is 0 Å². The van der Waals surface area contributed by atoms with Gasteiger partial charge in [0.1, 0.15) is 11.3 Å². The second-order valence-corrected chi connectivity index (χ2v) is 5.07. The van der Waals surface area contributed by atoms with Gasteiger partial charge < -0.3 is 14.6 Å². The lowest BCUT2D eigenvalue weighted by Gasteiger charge is -2.31. The summed E-state index contributed by atoms with van der Waals surface area (Å²) in [6.07, 6.45) is 2.48. The van der Waals surface area contributed by atoms with Crippen LogP contribution in [0, 0.1) is 0 Å². The van der Waals surface area contributed by atoms with Crippen molar-refractivity contribution in [1.82, 2.24) is 4.90 Å². The van der Waals surface area contributed by atoms with Crippen LogP contribution in [0.1, 0.15) is 28.8 Å². The normalized spacial score (nSPS) is 19.8. The molecule has 2 rings (SSSR count). The van der Waals surface area contributed by atoms with Crippen molar-refractivity contribution in [1.29, 1.82) is 0 Å². The highest BCUT2D eigenvalue weighted by atomic mass is 16.5. The molecule has 0 bridgehead atoms. The fourth-order valence-electron chi connectivity index (χ4n) is 2.63. The van der Waals surface area contributed by atoms with Gasteiger partial charge in [0.25, 0.3) is 0 Å². The average Bonchev–Trinajstić information content (AvgIpc) is 2.47. The van der Waals surface area contributed by atoms with Crippen LogP contribution in [0.15, 0.2) is 18.2 Å². The third-order valence-electron chi connectivity index (χ3n) is 3.70. The van der Waals surface area contributed by atoms with E-state index in [4.69, 9.17) is 9.47 Å². The molecule has 1 aromatic rings. The first kappa shape index (κ1) is 14.8. The molecule has 20 heavy (non-hydrogen) atoms. The molecule has 1 N–H and O–H groups in total. The van der Waals surface area contributed by atoms with Gasteiger partial charge in [-0.2, -0.15) is 0 Å². The van der Waals surface area contributed by atoms with Crippen LogP contribution in [0.4, 0.5) is 0 Å². The van der Waals surface area contributed by atoms with Crippen LogP contribution in [0.2, 0.25) is 0 Å². The number of nitrogens with zero attached hydrogens (tertiary/aromatic N) is 1. The Bertz CT molecular complexity index is 475. The highest BCUT2D eigenvalue weighted by Crippen LogP contribution is 2.22. The van der Waals surface area contributed by atoms with Gasteiger partial charge in [0.05, 0.1) is 13.2 Å². The molecule has 0 radical (unpaired) electrons. The van der Waals surface area contributed by atoms with Crippen molar-refractivity contribution in [2.45, 2.75) is 25.5 Å². The molecule has 0 amide bonds. The van der Waals surface area contributed by atoms with E-state index in [1.54, 1.807) is 19.2 Å². The minimum absolute atomic E-state index is 0.213. The molecule has 1 aliphatic heterocycles. The first-order valence-corrected chi connectivity index (χ1v) is 6.79. The summed E-state index contributed by atoms with van der Waals surface area (Å²) < 4.78 is 10.5. The fraction of sp³-hybridized carbons (Fsp3) is 0.533. The Balaban J connectivity index is 2.09. The van der Waals surface area contributed by atoms with E-state index in [1.807, 2.05) is 6.07 Å². The van der Waals surface area contributed by atoms with Gasteiger partial charge in [0.15, 0.2) is 0 Å². The molecule has 1 atom stereocenters. The van der Waals surface area contributed by atoms with Crippen molar-refractivity contribution < 1.29 is 19.4 Å². The van der Waals surface area contributed by atoms with Crippen LogP contribution in [-0.2, 0) is 11.3 Å². The summed E-state index contributed by atoms with van der Waals surface area (Å²) in [5, 5.41) is 9.19. The fourth-order valence-corrected chi connectivity index (χ4v) is 2.63. The first-order valence-electron chi connectivity index (χ1n) is 6.79. The predicted octanol–water partition coefficient (Wildman–Crippen LogP) is 2.00. The van der Waals surface area contributed by atoms with E-state index in [0.29, 0.717) is 5.75 Å². The summed E-state index contributed by atoms with van der Waals surface area (Å²) in [6, 6.07) is 5.33. The Kier molecular flexibility index (Phi) is 4.98. The molecule has 1 aromatic carbocycles. The molecule has 1 heterocycles. The van der Waals surface area contributed by atoms with Crippen LogP contribution in [0.5, 0.6) is 5.75 Å². The number of rotatable bonds is 5. The van der Waals surface area contributed by atoms with Gasteiger partial charge in [-0.1, -0.05) is 6.07 Å². The second-order valence-electron chi connectivity index (χ2n) is 5.07. The van der Waals surface area contributed by atoms with Crippen molar-refractivity contribution >= 4 is 5.97 Å². The number of hydrogen-bond acceptors (Lipinski definition) is 4. The lowest BCUT2D eigenvalue weighted by atomic mass is 10.1. The quantitative estimate of drug-likeness (QED) is 0.893. The number of carbonyl (C=O) groups is 1. The molecule has 5 nitrogen and oxygen atoms in total. The van der Waals surface area contributed by atoms with Crippen LogP contribution in [-0.4, -0.2) is 49.4 Å². The maximum atomic E-state index is 11.2. The SMILES string of the molecule is COc1ccc(CN2CCCC(OC)C2)cc1C(=O)O. The second kappa shape index (κ2) is 6.72. The molecule has 5 heteroatoms. The number of methoxy groups -OCH3 is 2. The molecule has 1 saturated heterocycles. The van der Waals surface area contributed by atoms with Gasteiger partial charge in [0, 0.05) is 20.2 Å². The number of carboxylic acid groups (broad SMARTS) is 1. The molecule has 0 spiro atoms. The van der Waals surface area contributed by atoms with Crippen LogP contribution < -0.4 is 4.74 Å². The van der Waals surface area contributed by atoms with Gasteiger partial charge in [-0.25, -0.2) is 4.79 Å². The van der Waals surface area contributed by atoms with Gasteiger partial charge in [-0.15, -0.1) is 0 Å². The number of benzene rings is 1. The maximum absolute atomic E-state index is 11.2. The smallest absolute Gasteiger partial charge is 0.339 e. The highest BCUT2D eigenvalue weighted by molar-refractivity contribution is 5.91. The Morgan fingerprint density at radius 3 is 2.90 bits per heavy atom. The molecule has 1 fully saturated rings. The first-order chi connectivity index (χ1) is 9.63. The standard InChI is InChI=1S/C15H21NO4/c1-19-12-4-3-7-16(10-12)9-11-5-6-14(20-2)13(8-11)15(17)18/h5-6,8,12H,3-4,7,9-10H2,1-2H3,(H,17,18). The van der Waals surface area contributed by atoms with E-state index in [2.05, 4.69) is 4.90 Å². The Morgan fingerprint density at radius 2 is 2.25 bits per heavy atom. The molecule has 1 aliphatic rings. The van der Waals surface area contributed by atoms with Crippen LogP contribution in [0.25, 0.3) is 0 Å². The zero-order valence-electron chi connectivity index (χ0n) is 12.0. The Morgan fingerprint density at radius 1 is 1.45 bits per heavy atom. The molecular formula is C15H21NO4. The van der Waals surface area contributed by atoms with Crippen molar-refractivity contribution in [3.63, 3.8) is 0 Å². The summed E-state index contributed by atoms with van der Waals surface area (Å²) in [5.41, 5.74) is 1.20. The van der Waals surface area contributed by atoms with Crippen molar-refractivity contribution in [2.24, 2.45) is 0 Å². The molecule has 1 unspecified atom stereocenters. The maximum Gasteiger partial charge on any atom is 0.339 e. The summed E-state index contributed by atoms with van der Waals surface area (Å²) >= 11 is 0. The van der Waals surface area contributed by atoms with E-state index in [0.717, 1.165) is 38.0 Å². The minimum Gasteiger partial charge on any atom is -0.496 e. The summed E-state index contributed by atoms with van der Waals surface area (Å²) in [6.45, 7) is 2.66. The summed E-state index contributed by atoms with van der Waals surface area (Å²) in [5.74, 6) is -0.563. The third-order valence-corrected chi connectivity index (χ3v) is 3.70. The monoisotopic (exact) mass is 279 g/mol. The lowest BCUT2D eigenvalue weighted by molar-refractivity contribution is 0.0285. The van der Waals surface area contributed by atoms with Gasteiger partial charge >= 0.3 is 5.97 Å². The van der Waals surface area contributed by atoms with E-state index < -0.39 is 5.97 Å². The molecular weight excluding hydrogens is 258 g/mol. The molecule has 0 saturated carbocycles. The van der Waals surface area contributed by atoms with Crippen LogP contribution >= 0.6 is 0 Å². The topological polar surface area (TPSA) is 59.0 Å². The zero-order valence-corrected chi connectivity index (χ0v) is 12.0. The highest BCUT2D eigenvalue weighted by Gasteiger charge is 2.20. The van der Waals surface area contributed by atoms with Gasteiger partial charge in [-0.05, 0) is 37.1 Å². The van der Waals surface area contributed by atoms with Crippen molar-refractivity contribution in [3.8, 4) is 5.75 Å². The minimum atomic E-state index is -0.961. The molecule has 0 aliphatic carbocycles. The third kappa shape index (κ3) is 3.49. The molecule has 110 valence electrons. The molecule has 0 aromatic heterocycles. The van der Waals surface area contributed by atoms with E-state index >= 15 is 0 Å². The van der Waals surface area contributed by atoms with Crippen molar-refractivity contribution in [2.75, 3.05) is 27.3 Å². The number of aromatic carboxylic acids is 1. The van der Waals surface area contributed by atoms with E-state index in [9.17, 15) is 9.90 Å². The summed E-state index contributed by atoms with van der Waals surface area (Å²) in [4.78, 5) is 13.5. The largest absolute Gasteiger partial charge is 0.496 e. The van der Waals surface area contributed by atoms with Gasteiger partial charge in [-0.3, -0.25) is 4.90 Å². The lowest BCUT2D eigenvalue weighted by Crippen LogP contribution is -2.38. The zero-order chi connectivity index (χ0) is 14.5. The Hall–Kier alpha value is -1.59. The number of carboxylic acids is 1. The summed E-state index contributed by atoms with van der Waals surface area (Å²) in [7, 11) is 3.22. The van der Waals surface area contributed by atoms with E-state index in [-0.39, 0.29) is 11.7 Å². The van der Waals surface area contributed by atoms with E-state index in [1.165, 1.54) is 7.11 Å². The van der Waals surface area contributed by atoms with Gasteiger partial charge in [0.2, 0.25) is 0 Å². The van der Waals surface area contributed by atoms with Crippen molar-refractivity contribution in [3.05, 3.63) is 29.3 Å². The number of ether oxygens (including phenoxy) is 2. The predicted molar refractivity (Wildman–Crippen MR) is 75.3 cm³/mol. The number of hydrogen-bond donors (Lipinski definition) is 1.